The van der Waals surface area contributed by atoms with Gasteiger partial charge in [0.15, 0.2) is 0 Å². The van der Waals surface area contributed by atoms with E-state index in [2.05, 4.69) is 5.32 Å². The third-order valence-electron chi connectivity index (χ3n) is 2.39. The van der Waals surface area contributed by atoms with E-state index in [0.29, 0.717) is 6.54 Å². The maximum atomic E-state index is 11.6. The molecule has 6 heteroatoms. The number of rotatable bonds is 1. The van der Waals surface area contributed by atoms with E-state index in [0.717, 1.165) is 24.1 Å². The van der Waals surface area contributed by atoms with Crippen molar-refractivity contribution in [3.8, 4) is 0 Å². The van der Waals surface area contributed by atoms with Crippen molar-refractivity contribution in [1.82, 2.24) is 5.32 Å². The van der Waals surface area contributed by atoms with Crippen molar-refractivity contribution in [2.75, 3.05) is 6.54 Å². The smallest absolute Gasteiger partial charge is 0.293 e. The first kappa shape index (κ1) is 10.1. The van der Waals surface area contributed by atoms with E-state index in [1.54, 1.807) is 0 Å². The van der Waals surface area contributed by atoms with Gasteiger partial charge in [-0.3, -0.25) is 14.9 Å². The summed E-state index contributed by atoms with van der Waals surface area (Å²) in [4.78, 5) is 22.7. The molecular weight excluding hydrogens is 216 g/mol. The van der Waals surface area contributed by atoms with Crippen molar-refractivity contribution in [2.24, 2.45) is 0 Å². The molecule has 1 N–H and O–H groups in total. The highest BCUT2D eigenvalue weighted by atomic mass is 32.1. The summed E-state index contributed by atoms with van der Waals surface area (Å²) in [5, 5.41) is 14.8. The van der Waals surface area contributed by atoms with Gasteiger partial charge in [-0.2, -0.15) is 0 Å². The molecule has 0 atom stereocenters. The molecular formula is C9H10N2O3S. The molecule has 1 amide bonds. The average Bonchev–Trinajstić information content (AvgIpc) is 2.57. The second kappa shape index (κ2) is 3.98. The van der Waals surface area contributed by atoms with Gasteiger partial charge in [0, 0.05) is 11.4 Å². The molecule has 80 valence electrons. The van der Waals surface area contributed by atoms with Crippen LogP contribution in [0.3, 0.4) is 0 Å². The molecule has 0 bridgehead atoms. The summed E-state index contributed by atoms with van der Waals surface area (Å²) in [6, 6.07) is 0. The second-order valence-corrected chi connectivity index (χ2v) is 4.35. The van der Waals surface area contributed by atoms with E-state index in [4.69, 9.17) is 0 Å². The highest BCUT2D eigenvalue weighted by Gasteiger charge is 2.27. The van der Waals surface area contributed by atoms with Gasteiger partial charge in [-0.1, -0.05) is 0 Å². The quantitative estimate of drug-likeness (QED) is 0.585. The van der Waals surface area contributed by atoms with E-state index < -0.39 is 4.92 Å². The zero-order valence-corrected chi connectivity index (χ0v) is 8.80. The van der Waals surface area contributed by atoms with E-state index in [-0.39, 0.29) is 17.2 Å². The van der Waals surface area contributed by atoms with Gasteiger partial charge in [0.05, 0.1) is 10.3 Å². The summed E-state index contributed by atoms with van der Waals surface area (Å²) in [5.74, 6) is -0.308. The fourth-order valence-corrected chi connectivity index (χ4v) is 2.68. The third kappa shape index (κ3) is 1.85. The molecule has 0 unspecified atom stereocenters. The summed E-state index contributed by atoms with van der Waals surface area (Å²) < 4.78 is 0. The monoisotopic (exact) mass is 226 g/mol. The van der Waals surface area contributed by atoms with Crippen molar-refractivity contribution < 1.29 is 9.72 Å². The van der Waals surface area contributed by atoms with E-state index in [9.17, 15) is 14.9 Å². The number of carbonyl (C=O) groups is 1. The molecule has 0 saturated heterocycles. The van der Waals surface area contributed by atoms with Gasteiger partial charge < -0.3 is 5.32 Å². The molecule has 15 heavy (non-hydrogen) atoms. The number of nitrogens with zero attached hydrogens (tertiary/aromatic N) is 1. The molecule has 0 saturated carbocycles. The number of carbonyl (C=O) groups excluding carboxylic acids is 1. The van der Waals surface area contributed by atoms with Crippen molar-refractivity contribution >= 4 is 22.9 Å². The van der Waals surface area contributed by atoms with Gasteiger partial charge in [0.25, 0.3) is 11.6 Å². The molecule has 0 radical (unpaired) electrons. The molecule has 0 aromatic carbocycles. The third-order valence-corrected chi connectivity index (χ3v) is 3.42. The van der Waals surface area contributed by atoms with Gasteiger partial charge in [0.1, 0.15) is 5.56 Å². The Labute approximate surface area is 90.3 Å². The second-order valence-electron chi connectivity index (χ2n) is 3.39. The Morgan fingerprint density at radius 2 is 2.27 bits per heavy atom. The highest BCUT2D eigenvalue weighted by Crippen LogP contribution is 2.31. The lowest BCUT2D eigenvalue weighted by Gasteiger charge is -2.09. The lowest BCUT2D eigenvalue weighted by Crippen LogP contribution is -2.27. The lowest BCUT2D eigenvalue weighted by molar-refractivity contribution is -0.384. The van der Waals surface area contributed by atoms with Crippen LogP contribution in [0.2, 0.25) is 0 Å². The Bertz CT molecular complexity index is 413. The first-order valence-electron chi connectivity index (χ1n) is 4.73. The Morgan fingerprint density at radius 1 is 1.47 bits per heavy atom. The minimum Gasteiger partial charge on any atom is -0.352 e. The molecule has 0 fully saturated rings. The molecule has 1 aliphatic rings. The van der Waals surface area contributed by atoms with Gasteiger partial charge in [-0.25, -0.2) is 0 Å². The molecule has 0 spiro atoms. The Hall–Kier alpha value is -1.43. The fraction of sp³-hybridized carbons (Fsp3) is 0.444. The number of thiophene rings is 1. The van der Waals surface area contributed by atoms with Crippen LogP contribution in [0.4, 0.5) is 5.69 Å². The molecule has 2 rings (SSSR count). The van der Waals surface area contributed by atoms with Crippen LogP contribution in [0.25, 0.3) is 0 Å². The van der Waals surface area contributed by atoms with Crippen LogP contribution in [0.5, 0.6) is 0 Å². The summed E-state index contributed by atoms with van der Waals surface area (Å²) in [5.41, 5.74) is 0.208. The van der Waals surface area contributed by atoms with Gasteiger partial charge >= 0.3 is 0 Å². The normalized spacial score (nSPS) is 16.1. The summed E-state index contributed by atoms with van der Waals surface area (Å²) in [7, 11) is 0. The fourth-order valence-electron chi connectivity index (χ4n) is 1.65. The van der Waals surface area contributed by atoms with Crippen LogP contribution in [0.15, 0.2) is 5.38 Å². The van der Waals surface area contributed by atoms with Crippen LogP contribution in [-0.2, 0) is 6.42 Å². The predicted molar refractivity (Wildman–Crippen MR) is 56.2 cm³/mol. The maximum Gasteiger partial charge on any atom is 0.293 e. The SMILES string of the molecule is O=C1NCCCCc2scc([N+](=O)[O-])c21. The lowest BCUT2D eigenvalue weighted by atomic mass is 10.1. The number of nitrogens with one attached hydrogen (secondary N) is 1. The predicted octanol–water partition coefficient (Wildman–Crippen LogP) is 1.72. The molecule has 1 aromatic rings. The van der Waals surface area contributed by atoms with Gasteiger partial charge in [0.2, 0.25) is 0 Å². The highest BCUT2D eigenvalue weighted by molar-refractivity contribution is 7.10. The first-order chi connectivity index (χ1) is 7.20. The van der Waals surface area contributed by atoms with Crippen LogP contribution in [0, 0.1) is 10.1 Å². The van der Waals surface area contributed by atoms with E-state index in [1.807, 2.05) is 0 Å². The van der Waals surface area contributed by atoms with Gasteiger partial charge in [-0.15, -0.1) is 11.3 Å². The Morgan fingerprint density at radius 3 is 3.00 bits per heavy atom. The minimum atomic E-state index is -0.490. The van der Waals surface area contributed by atoms with Crippen molar-refractivity contribution in [1.29, 1.82) is 0 Å². The van der Waals surface area contributed by atoms with Crippen LogP contribution < -0.4 is 5.32 Å². The number of hydrogen-bond acceptors (Lipinski definition) is 4. The van der Waals surface area contributed by atoms with Crippen LogP contribution in [-0.4, -0.2) is 17.4 Å². The van der Waals surface area contributed by atoms with Crippen molar-refractivity contribution in [3.05, 3.63) is 25.9 Å². The molecule has 5 nitrogen and oxygen atoms in total. The van der Waals surface area contributed by atoms with Crippen molar-refractivity contribution in [3.63, 3.8) is 0 Å². The molecule has 0 aliphatic carbocycles. The topological polar surface area (TPSA) is 72.2 Å². The average molecular weight is 226 g/mol. The first-order valence-corrected chi connectivity index (χ1v) is 5.61. The summed E-state index contributed by atoms with van der Waals surface area (Å²) in [6.45, 7) is 0.602. The zero-order valence-electron chi connectivity index (χ0n) is 7.99. The number of fused-ring (bicyclic) bond motifs is 1. The Balaban J connectivity index is 2.46. The Kier molecular flexibility index (Phi) is 2.68. The minimum absolute atomic E-state index is 0.0607. The zero-order chi connectivity index (χ0) is 10.8. The number of aryl methyl sites for hydroxylation is 1. The van der Waals surface area contributed by atoms with E-state index >= 15 is 0 Å². The van der Waals surface area contributed by atoms with E-state index in [1.165, 1.54) is 16.7 Å². The standard InChI is InChI=1S/C9H10N2O3S/c12-9-8-6(11(13)14)5-15-7(8)3-1-2-4-10-9/h5H,1-4H2,(H,10,12). The van der Waals surface area contributed by atoms with Crippen molar-refractivity contribution in [2.45, 2.75) is 19.3 Å². The van der Waals surface area contributed by atoms with Crippen LogP contribution >= 0.6 is 11.3 Å². The van der Waals surface area contributed by atoms with Crippen LogP contribution in [0.1, 0.15) is 28.1 Å². The molecule has 1 aliphatic heterocycles. The molecule has 1 aromatic heterocycles. The summed E-state index contributed by atoms with van der Waals surface area (Å²) in [6.07, 6.45) is 2.66. The van der Waals surface area contributed by atoms with Gasteiger partial charge in [-0.05, 0) is 19.3 Å². The number of nitro groups is 1. The summed E-state index contributed by atoms with van der Waals surface area (Å²) >= 11 is 1.30. The largest absolute Gasteiger partial charge is 0.352 e. The molecule has 2 heterocycles. The number of amides is 1. The maximum absolute atomic E-state index is 11.6. The number of hydrogen-bond donors (Lipinski definition) is 1.